The molecule has 106 valence electrons. The smallest absolute Gasteiger partial charge is 0.124 e. The van der Waals surface area contributed by atoms with Crippen molar-refractivity contribution in [1.29, 1.82) is 0 Å². The fourth-order valence-electron chi connectivity index (χ4n) is 2.05. The summed E-state index contributed by atoms with van der Waals surface area (Å²) >= 11 is 0. The number of benzene rings is 2. The van der Waals surface area contributed by atoms with Crippen molar-refractivity contribution in [2.75, 3.05) is 7.11 Å². The van der Waals surface area contributed by atoms with Crippen molar-refractivity contribution in [3.8, 4) is 17.2 Å². The molecule has 0 aromatic heterocycles. The van der Waals surface area contributed by atoms with Crippen molar-refractivity contribution in [2.45, 2.75) is 19.5 Å². The molecule has 3 N–H and O–H groups in total. The first-order chi connectivity index (χ1) is 9.61. The highest BCUT2D eigenvalue weighted by atomic mass is 16.5. The van der Waals surface area contributed by atoms with Gasteiger partial charge in [0.2, 0.25) is 0 Å². The van der Waals surface area contributed by atoms with E-state index in [0.717, 1.165) is 11.1 Å². The van der Waals surface area contributed by atoms with Gasteiger partial charge in [-0.1, -0.05) is 24.3 Å². The van der Waals surface area contributed by atoms with E-state index >= 15 is 0 Å². The van der Waals surface area contributed by atoms with Gasteiger partial charge in [-0.05, 0) is 19.1 Å². The van der Waals surface area contributed by atoms with Crippen LogP contribution in [0.1, 0.15) is 24.1 Å². The topological polar surface area (TPSA) is 61.7 Å². The molecule has 20 heavy (non-hydrogen) atoms. The third-order valence-corrected chi connectivity index (χ3v) is 3.29. The number of hydrogen-bond donors (Lipinski definition) is 3. The van der Waals surface area contributed by atoms with E-state index in [0.29, 0.717) is 12.3 Å². The Morgan fingerprint density at radius 2 is 1.85 bits per heavy atom. The van der Waals surface area contributed by atoms with Gasteiger partial charge in [0, 0.05) is 29.8 Å². The minimum atomic E-state index is -0.0412. The van der Waals surface area contributed by atoms with Gasteiger partial charge in [-0.3, -0.25) is 0 Å². The van der Waals surface area contributed by atoms with Crippen LogP contribution in [0.5, 0.6) is 17.2 Å². The van der Waals surface area contributed by atoms with E-state index in [1.165, 1.54) is 0 Å². The average Bonchev–Trinajstić information content (AvgIpc) is 2.46. The highest BCUT2D eigenvalue weighted by Crippen LogP contribution is 2.28. The normalized spacial score (nSPS) is 12.1. The van der Waals surface area contributed by atoms with Gasteiger partial charge >= 0.3 is 0 Å². The first-order valence-electron chi connectivity index (χ1n) is 6.49. The predicted octanol–water partition coefficient (Wildman–Crippen LogP) is 2.96. The van der Waals surface area contributed by atoms with Gasteiger partial charge in [0.15, 0.2) is 0 Å². The summed E-state index contributed by atoms with van der Waals surface area (Å²) in [5, 5.41) is 23.0. The maximum atomic E-state index is 9.98. The third-order valence-electron chi connectivity index (χ3n) is 3.29. The molecule has 0 amide bonds. The van der Waals surface area contributed by atoms with Crippen LogP contribution >= 0.6 is 0 Å². The lowest BCUT2D eigenvalue weighted by Crippen LogP contribution is -2.18. The lowest BCUT2D eigenvalue weighted by Gasteiger charge is -2.16. The van der Waals surface area contributed by atoms with Crippen LogP contribution in [0.25, 0.3) is 0 Å². The van der Waals surface area contributed by atoms with Gasteiger partial charge in [0.05, 0.1) is 7.11 Å². The molecular formula is C16H19NO3. The molecule has 0 aliphatic heterocycles. The Labute approximate surface area is 118 Å². The van der Waals surface area contributed by atoms with Gasteiger partial charge in [-0.2, -0.15) is 0 Å². The molecule has 0 aliphatic carbocycles. The minimum absolute atomic E-state index is 0.0412. The van der Waals surface area contributed by atoms with Crippen molar-refractivity contribution in [3.63, 3.8) is 0 Å². The highest BCUT2D eigenvalue weighted by Gasteiger charge is 2.11. The number of phenolic OH excluding ortho intramolecular Hbond substituents is 2. The number of hydrogen-bond acceptors (Lipinski definition) is 4. The zero-order chi connectivity index (χ0) is 14.5. The molecule has 4 heteroatoms. The molecule has 4 nitrogen and oxygen atoms in total. The number of rotatable bonds is 5. The highest BCUT2D eigenvalue weighted by molar-refractivity contribution is 5.41. The summed E-state index contributed by atoms with van der Waals surface area (Å²) in [4.78, 5) is 0. The van der Waals surface area contributed by atoms with Crippen LogP contribution in [0.4, 0.5) is 0 Å². The summed E-state index contributed by atoms with van der Waals surface area (Å²) in [6.45, 7) is 2.49. The minimum Gasteiger partial charge on any atom is -0.508 e. The second kappa shape index (κ2) is 6.30. The Hall–Kier alpha value is -2.20. The van der Waals surface area contributed by atoms with Crippen LogP contribution in [-0.2, 0) is 6.54 Å². The number of para-hydroxylation sites is 1. The molecule has 0 saturated carbocycles. The Morgan fingerprint density at radius 3 is 2.50 bits per heavy atom. The zero-order valence-corrected chi connectivity index (χ0v) is 11.6. The first kappa shape index (κ1) is 14.2. The third kappa shape index (κ3) is 3.22. The SMILES string of the molecule is COc1ccc(C(C)NCc2ccccc2O)c(O)c1. The number of phenols is 2. The second-order valence-corrected chi connectivity index (χ2v) is 4.66. The fourth-order valence-corrected chi connectivity index (χ4v) is 2.05. The molecule has 2 rings (SSSR count). The molecule has 0 saturated heterocycles. The quantitative estimate of drug-likeness (QED) is 0.784. The van der Waals surface area contributed by atoms with Crippen LogP contribution in [0, 0.1) is 0 Å². The summed E-state index contributed by atoms with van der Waals surface area (Å²) in [5.74, 6) is 1.09. The van der Waals surface area contributed by atoms with Gasteiger partial charge in [-0.15, -0.1) is 0 Å². The molecule has 2 aromatic carbocycles. The predicted molar refractivity (Wildman–Crippen MR) is 78.0 cm³/mol. The monoisotopic (exact) mass is 273 g/mol. The summed E-state index contributed by atoms with van der Waals surface area (Å²) in [5.41, 5.74) is 1.62. The number of ether oxygens (including phenoxy) is 1. The Balaban J connectivity index is 2.05. The van der Waals surface area contributed by atoms with E-state index in [4.69, 9.17) is 4.74 Å². The summed E-state index contributed by atoms with van der Waals surface area (Å²) in [7, 11) is 1.56. The van der Waals surface area contributed by atoms with E-state index in [-0.39, 0.29) is 17.5 Å². The van der Waals surface area contributed by atoms with Crippen LogP contribution in [0.3, 0.4) is 0 Å². The summed E-state index contributed by atoms with van der Waals surface area (Å²) < 4.78 is 5.06. The van der Waals surface area contributed by atoms with Crippen molar-refractivity contribution in [3.05, 3.63) is 53.6 Å². The molecule has 0 radical (unpaired) electrons. The first-order valence-corrected chi connectivity index (χ1v) is 6.49. The van der Waals surface area contributed by atoms with E-state index in [9.17, 15) is 10.2 Å². The molecule has 1 unspecified atom stereocenters. The standard InChI is InChI=1S/C16H19NO3/c1-11(14-8-7-13(20-2)9-16(14)19)17-10-12-5-3-4-6-15(12)18/h3-9,11,17-19H,10H2,1-2H3. The van der Waals surface area contributed by atoms with E-state index in [1.807, 2.05) is 31.2 Å². The van der Waals surface area contributed by atoms with Crippen molar-refractivity contribution in [1.82, 2.24) is 5.32 Å². The molecule has 0 spiro atoms. The van der Waals surface area contributed by atoms with Gasteiger partial charge in [-0.25, -0.2) is 0 Å². The molecular weight excluding hydrogens is 254 g/mol. The summed E-state index contributed by atoms with van der Waals surface area (Å²) in [6, 6.07) is 12.4. The van der Waals surface area contributed by atoms with Crippen LogP contribution in [0.15, 0.2) is 42.5 Å². The van der Waals surface area contributed by atoms with Gasteiger partial charge in [0.25, 0.3) is 0 Å². The Bertz CT molecular complexity index is 584. The van der Waals surface area contributed by atoms with Crippen LogP contribution in [-0.4, -0.2) is 17.3 Å². The van der Waals surface area contributed by atoms with E-state index in [1.54, 1.807) is 25.3 Å². The van der Waals surface area contributed by atoms with Gasteiger partial charge in [0.1, 0.15) is 17.2 Å². The molecule has 0 aliphatic rings. The zero-order valence-electron chi connectivity index (χ0n) is 11.6. The summed E-state index contributed by atoms with van der Waals surface area (Å²) in [6.07, 6.45) is 0. The number of nitrogens with one attached hydrogen (secondary N) is 1. The van der Waals surface area contributed by atoms with Crippen molar-refractivity contribution >= 4 is 0 Å². The molecule has 0 bridgehead atoms. The number of methoxy groups -OCH3 is 1. The molecule has 2 aromatic rings. The fraction of sp³-hybridized carbons (Fsp3) is 0.250. The molecule has 0 heterocycles. The molecule has 1 atom stereocenters. The van der Waals surface area contributed by atoms with E-state index < -0.39 is 0 Å². The second-order valence-electron chi connectivity index (χ2n) is 4.66. The van der Waals surface area contributed by atoms with E-state index in [2.05, 4.69) is 5.32 Å². The van der Waals surface area contributed by atoms with Gasteiger partial charge < -0.3 is 20.3 Å². The number of aromatic hydroxyl groups is 2. The van der Waals surface area contributed by atoms with Crippen LogP contribution < -0.4 is 10.1 Å². The van der Waals surface area contributed by atoms with Crippen molar-refractivity contribution < 1.29 is 14.9 Å². The Morgan fingerprint density at radius 1 is 1.10 bits per heavy atom. The maximum Gasteiger partial charge on any atom is 0.124 e. The Kier molecular flexibility index (Phi) is 4.48. The average molecular weight is 273 g/mol. The lowest BCUT2D eigenvalue weighted by molar-refractivity contribution is 0.403. The lowest BCUT2D eigenvalue weighted by atomic mass is 10.1. The van der Waals surface area contributed by atoms with Crippen molar-refractivity contribution in [2.24, 2.45) is 0 Å². The largest absolute Gasteiger partial charge is 0.508 e. The maximum absolute atomic E-state index is 9.98. The molecule has 0 fully saturated rings. The van der Waals surface area contributed by atoms with Crippen LogP contribution in [0.2, 0.25) is 0 Å².